The van der Waals surface area contributed by atoms with Crippen LogP contribution in [0.3, 0.4) is 0 Å². The molecular formula is C15H22N2O. The summed E-state index contributed by atoms with van der Waals surface area (Å²) in [6, 6.07) is 7.99. The molecule has 0 unspecified atom stereocenters. The highest BCUT2D eigenvalue weighted by Gasteiger charge is 2.14. The van der Waals surface area contributed by atoms with E-state index in [1.165, 1.54) is 24.8 Å². The van der Waals surface area contributed by atoms with Gasteiger partial charge in [0.15, 0.2) is 0 Å². The number of nitrogens with zero attached hydrogens (tertiary/aromatic N) is 1. The fourth-order valence-corrected chi connectivity index (χ4v) is 2.38. The van der Waals surface area contributed by atoms with Crippen LogP contribution in [0.1, 0.15) is 37.7 Å². The highest BCUT2D eigenvalue weighted by molar-refractivity contribution is 5.89. The van der Waals surface area contributed by atoms with Gasteiger partial charge in [0.1, 0.15) is 0 Å². The molecule has 1 aliphatic heterocycles. The molecule has 0 spiro atoms. The fourth-order valence-electron chi connectivity index (χ4n) is 2.38. The van der Waals surface area contributed by atoms with Crippen LogP contribution in [0.2, 0.25) is 0 Å². The first-order chi connectivity index (χ1) is 8.75. The van der Waals surface area contributed by atoms with Crippen molar-refractivity contribution in [3.05, 3.63) is 29.8 Å². The standard InChI is InChI=1S/C15H22N2O/c1-13-8-7-9-14(12-13)16-15(18)17-10-5-3-2-4-6-11-17/h7-9,12H,2-6,10-11H2,1H3,(H,16,18). The van der Waals surface area contributed by atoms with E-state index in [1.807, 2.05) is 36.1 Å². The number of carbonyl (C=O) groups is 1. The number of likely N-dealkylation sites (tertiary alicyclic amines) is 1. The lowest BCUT2D eigenvalue weighted by atomic mass is 10.1. The molecule has 3 heteroatoms. The highest BCUT2D eigenvalue weighted by Crippen LogP contribution is 2.14. The Kier molecular flexibility index (Phi) is 4.62. The van der Waals surface area contributed by atoms with Crippen molar-refractivity contribution in [1.29, 1.82) is 0 Å². The maximum atomic E-state index is 12.2. The number of hydrogen-bond donors (Lipinski definition) is 1. The molecule has 0 atom stereocenters. The maximum Gasteiger partial charge on any atom is 0.321 e. The second-order valence-corrected chi connectivity index (χ2v) is 5.05. The van der Waals surface area contributed by atoms with E-state index in [-0.39, 0.29) is 6.03 Å². The smallest absolute Gasteiger partial charge is 0.321 e. The van der Waals surface area contributed by atoms with Gasteiger partial charge in [0.25, 0.3) is 0 Å². The van der Waals surface area contributed by atoms with Crippen LogP contribution in [0.15, 0.2) is 24.3 Å². The molecule has 3 nitrogen and oxygen atoms in total. The van der Waals surface area contributed by atoms with E-state index in [4.69, 9.17) is 0 Å². The van der Waals surface area contributed by atoms with E-state index < -0.39 is 0 Å². The summed E-state index contributed by atoms with van der Waals surface area (Å²) in [5, 5.41) is 2.99. The topological polar surface area (TPSA) is 32.3 Å². The number of aryl methyl sites for hydroxylation is 1. The SMILES string of the molecule is Cc1cccc(NC(=O)N2CCCCCCC2)c1. The Balaban J connectivity index is 1.93. The van der Waals surface area contributed by atoms with Crippen LogP contribution in [0.25, 0.3) is 0 Å². The van der Waals surface area contributed by atoms with Gasteiger partial charge in [-0.2, -0.15) is 0 Å². The van der Waals surface area contributed by atoms with Crippen molar-refractivity contribution in [2.24, 2.45) is 0 Å². The second kappa shape index (κ2) is 6.43. The van der Waals surface area contributed by atoms with Crippen LogP contribution in [-0.4, -0.2) is 24.0 Å². The summed E-state index contributed by atoms with van der Waals surface area (Å²) in [6.45, 7) is 3.81. The van der Waals surface area contributed by atoms with Crippen LogP contribution in [0.4, 0.5) is 10.5 Å². The Morgan fingerprint density at radius 1 is 1.11 bits per heavy atom. The van der Waals surface area contributed by atoms with Crippen molar-refractivity contribution in [3.8, 4) is 0 Å². The average Bonchev–Trinajstić information content (AvgIpc) is 2.28. The van der Waals surface area contributed by atoms with E-state index in [9.17, 15) is 4.79 Å². The van der Waals surface area contributed by atoms with Crippen LogP contribution < -0.4 is 5.32 Å². The number of benzene rings is 1. The Hall–Kier alpha value is -1.51. The van der Waals surface area contributed by atoms with E-state index in [1.54, 1.807) is 0 Å². The summed E-state index contributed by atoms with van der Waals surface area (Å²) in [6.07, 6.45) is 6.05. The van der Waals surface area contributed by atoms with Gasteiger partial charge < -0.3 is 10.2 Å². The lowest BCUT2D eigenvalue weighted by molar-refractivity contribution is 0.206. The predicted octanol–water partition coefficient (Wildman–Crippen LogP) is 3.79. The molecule has 0 radical (unpaired) electrons. The summed E-state index contributed by atoms with van der Waals surface area (Å²) < 4.78 is 0. The molecule has 0 aromatic heterocycles. The molecule has 1 aromatic carbocycles. The first kappa shape index (κ1) is 12.9. The molecule has 0 aliphatic carbocycles. The molecular weight excluding hydrogens is 224 g/mol. The molecule has 1 aromatic rings. The predicted molar refractivity (Wildman–Crippen MR) is 74.9 cm³/mol. The van der Waals surface area contributed by atoms with Gasteiger partial charge in [-0.05, 0) is 37.5 Å². The van der Waals surface area contributed by atoms with Gasteiger partial charge >= 0.3 is 6.03 Å². The lowest BCUT2D eigenvalue weighted by Crippen LogP contribution is -2.37. The van der Waals surface area contributed by atoms with Crippen molar-refractivity contribution in [1.82, 2.24) is 4.90 Å². The van der Waals surface area contributed by atoms with Crippen molar-refractivity contribution < 1.29 is 4.79 Å². The summed E-state index contributed by atoms with van der Waals surface area (Å²) in [5.74, 6) is 0. The van der Waals surface area contributed by atoms with Crippen molar-refractivity contribution in [2.45, 2.75) is 39.0 Å². The minimum atomic E-state index is 0.0440. The third-order valence-corrected chi connectivity index (χ3v) is 3.41. The van der Waals surface area contributed by atoms with E-state index in [0.717, 1.165) is 31.6 Å². The Morgan fingerprint density at radius 3 is 2.44 bits per heavy atom. The molecule has 2 amide bonds. The van der Waals surface area contributed by atoms with E-state index in [0.29, 0.717) is 0 Å². The normalized spacial score (nSPS) is 16.8. The fraction of sp³-hybridized carbons (Fsp3) is 0.533. The number of hydrogen-bond acceptors (Lipinski definition) is 1. The summed E-state index contributed by atoms with van der Waals surface area (Å²) in [4.78, 5) is 14.1. The highest BCUT2D eigenvalue weighted by atomic mass is 16.2. The maximum absolute atomic E-state index is 12.2. The van der Waals surface area contributed by atoms with E-state index >= 15 is 0 Å². The molecule has 98 valence electrons. The van der Waals surface area contributed by atoms with Crippen molar-refractivity contribution in [2.75, 3.05) is 18.4 Å². The van der Waals surface area contributed by atoms with E-state index in [2.05, 4.69) is 5.32 Å². The largest absolute Gasteiger partial charge is 0.325 e. The van der Waals surface area contributed by atoms with Crippen LogP contribution in [0.5, 0.6) is 0 Å². The van der Waals surface area contributed by atoms with Gasteiger partial charge in [-0.1, -0.05) is 31.4 Å². The summed E-state index contributed by atoms with van der Waals surface area (Å²) >= 11 is 0. The summed E-state index contributed by atoms with van der Waals surface area (Å²) in [5.41, 5.74) is 2.06. The van der Waals surface area contributed by atoms with Crippen molar-refractivity contribution in [3.63, 3.8) is 0 Å². The molecule has 1 saturated heterocycles. The van der Waals surface area contributed by atoms with Gasteiger partial charge in [-0.15, -0.1) is 0 Å². The monoisotopic (exact) mass is 246 g/mol. The van der Waals surface area contributed by atoms with Crippen molar-refractivity contribution >= 4 is 11.7 Å². The first-order valence-electron chi connectivity index (χ1n) is 6.88. The molecule has 1 aliphatic rings. The molecule has 0 bridgehead atoms. The van der Waals surface area contributed by atoms with Gasteiger partial charge in [0.2, 0.25) is 0 Å². The number of amides is 2. The van der Waals surface area contributed by atoms with Crippen LogP contribution >= 0.6 is 0 Å². The minimum absolute atomic E-state index is 0.0440. The van der Waals surface area contributed by atoms with Gasteiger partial charge in [0, 0.05) is 18.8 Å². The molecule has 1 heterocycles. The zero-order valence-corrected chi connectivity index (χ0v) is 11.1. The van der Waals surface area contributed by atoms with Crippen LogP contribution in [-0.2, 0) is 0 Å². The molecule has 1 fully saturated rings. The van der Waals surface area contributed by atoms with Gasteiger partial charge in [-0.3, -0.25) is 0 Å². The third-order valence-electron chi connectivity index (χ3n) is 3.41. The average molecular weight is 246 g/mol. The Morgan fingerprint density at radius 2 is 1.78 bits per heavy atom. The third kappa shape index (κ3) is 3.76. The van der Waals surface area contributed by atoms with Gasteiger partial charge in [-0.25, -0.2) is 4.79 Å². The number of urea groups is 1. The number of carbonyl (C=O) groups excluding carboxylic acids is 1. The molecule has 0 saturated carbocycles. The zero-order chi connectivity index (χ0) is 12.8. The zero-order valence-electron chi connectivity index (χ0n) is 11.1. The first-order valence-corrected chi connectivity index (χ1v) is 6.88. The molecule has 1 N–H and O–H groups in total. The number of nitrogens with one attached hydrogen (secondary N) is 1. The number of anilines is 1. The summed E-state index contributed by atoms with van der Waals surface area (Å²) in [7, 11) is 0. The molecule has 18 heavy (non-hydrogen) atoms. The molecule has 2 rings (SSSR count). The minimum Gasteiger partial charge on any atom is -0.325 e. The Labute approximate surface area is 109 Å². The van der Waals surface area contributed by atoms with Gasteiger partial charge in [0.05, 0.1) is 0 Å². The second-order valence-electron chi connectivity index (χ2n) is 5.05. The number of rotatable bonds is 1. The lowest BCUT2D eigenvalue weighted by Gasteiger charge is -2.25. The quantitative estimate of drug-likeness (QED) is 0.803. The van der Waals surface area contributed by atoms with Crippen LogP contribution in [0, 0.1) is 6.92 Å². The Bertz CT molecular complexity index is 395.